The summed E-state index contributed by atoms with van der Waals surface area (Å²) in [5.74, 6) is 0.185. The molecule has 0 saturated carbocycles. The number of esters is 1. The molecule has 1 N–H and O–H groups in total. The summed E-state index contributed by atoms with van der Waals surface area (Å²) >= 11 is 5.76. The van der Waals surface area contributed by atoms with E-state index in [-0.39, 0.29) is 18.3 Å². The van der Waals surface area contributed by atoms with E-state index in [9.17, 15) is 9.59 Å². The molecule has 1 aromatic heterocycles. The first-order valence-corrected chi connectivity index (χ1v) is 7.54. The number of cyclic esters (lactones) is 1. The van der Waals surface area contributed by atoms with Gasteiger partial charge in [-0.05, 0) is 25.0 Å². The van der Waals surface area contributed by atoms with Gasteiger partial charge in [-0.15, -0.1) is 0 Å². The van der Waals surface area contributed by atoms with Crippen molar-refractivity contribution in [3.63, 3.8) is 0 Å². The maximum Gasteiger partial charge on any atom is 0.306 e. The first-order valence-electron chi connectivity index (χ1n) is 7.16. The second-order valence-corrected chi connectivity index (χ2v) is 5.65. The van der Waals surface area contributed by atoms with Crippen molar-refractivity contribution in [3.8, 4) is 0 Å². The van der Waals surface area contributed by atoms with E-state index in [4.69, 9.17) is 16.3 Å². The molecule has 0 aromatic carbocycles. The molecule has 1 aliphatic rings. The van der Waals surface area contributed by atoms with Crippen molar-refractivity contribution in [1.29, 1.82) is 0 Å². The Bertz CT molecular complexity index is 518. The van der Waals surface area contributed by atoms with Crippen LogP contribution >= 0.6 is 11.6 Å². The third-order valence-corrected chi connectivity index (χ3v) is 3.87. The van der Waals surface area contributed by atoms with E-state index in [2.05, 4.69) is 10.3 Å². The van der Waals surface area contributed by atoms with Gasteiger partial charge in [0.05, 0.1) is 11.6 Å². The molecular formula is C15H19ClN2O3. The standard InChI is InChI=1S/C15H19ClN2O3/c1-2-3-7-15(8-6-14(20)21-15)12(19)10-18-13-5-4-11(16)9-17-13/h4-5,9H,2-3,6-8,10H2,1H3,(H,17,18)/t15-/m1/s1. The molecule has 1 aliphatic heterocycles. The molecule has 1 fully saturated rings. The van der Waals surface area contributed by atoms with Gasteiger partial charge in [-0.2, -0.15) is 0 Å². The zero-order valence-electron chi connectivity index (χ0n) is 12.0. The van der Waals surface area contributed by atoms with E-state index >= 15 is 0 Å². The van der Waals surface area contributed by atoms with Crippen LogP contribution in [-0.2, 0) is 14.3 Å². The fraction of sp³-hybridized carbons (Fsp3) is 0.533. The summed E-state index contributed by atoms with van der Waals surface area (Å²) in [5.41, 5.74) is -0.952. The minimum absolute atomic E-state index is 0.0889. The van der Waals surface area contributed by atoms with Crippen LogP contribution in [0.15, 0.2) is 18.3 Å². The van der Waals surface area contributed by atoms with Gasteiger partial charge < -0.3 is 10.1 Å². The highest BCUT2D eigenvalue weighted by Gasteiger charge is 2.45. The predicted molar refractivity (Wildman–Crippen MR) is 80.3 cm³/mol. The Morgan fingerprint density at radius 2 is 2.33 bits per heavy atom. The predicted octanol–water partition coefficient (Wildman–Crippen LogP) is 2.98. The first-order chi connectivity index (χ1) is 10.1. The SMILES string of the molecule is CCCC[C@]1(C(=O)CNc2ccc(Cl)cn2)CCC(=O)O1. The number of nitrogens with zero attached hydrogens (tertiary/aromatic N) is 1. The Morgan fingerprint density at radius 1 is 1.52 bits per heavy atom. The number of rotatable bonds is 7. The lowest BCUT2D eigenvalue weighted by Crippen LogP contribution is -2.42. The molecule has 114 valence electrons. The molecular weight excluding hydrogens is 292 g/mol. The Balaban J connectivity index is 1.98. The zero-order chi connectivity index (χ0) is 15.3. The number of ketones is 1. The minimum atomic E-state index is -0.952. The number of ether oxygens (including phenoxy) is 1. The van der Waals surface area contributed by atoms with E-state index in [0.717, 1.165) is 12.8 Å². The van der Waals surface area contributed by atoms with Gasteiger partial charge in [0, 0.05) is 19.0 Å². The van der Waals surface area contributed by atoms with E-state index in [0.29, 0.717) is 30.1 Å². The molecule has 5 nitrogen and oxygen atoms in total. The summed E-state index contributed by atoms with van der Waals surface area (Å²) < 4.78 is 5.35. The third kappa shape index (κ3) is 3.94. The Morgan fingerprint density at radius 3 is 2.90 bits per heavy atom. The Hall–Kier alpha value is -1.62. The van der Waals surface area contributed by atoms with E-state index < -0.39 is 5.60 Å². The monoisotopic (exact) mass is 310 g/mol. The maximum atomic E-state index is 12.5. The topological polar surface area (TPSA) is 68.3 Å². The van der Waals surface area contributed by atoms with E-state index in [1.54, 1.807) is 12.1 Å². The molecule has 0 radical (unpaired) electrons. The van der Waals surface area contributed by atoms with Crippen molar-refractivity contribution in [2.24, 2.45) is 0 Å². The molecule has 1 atom stereocenters. The number of Topliss-reactive ketones (excluding diaryl/α,β-unsaturated/α-hetero) is 1. The van der Waals surface area contributed by atoms with Crippen LogP contribution in [0.3, 0.4) is 0 Å². The van der Waals surface area contributed by atoms with Crippen LogP contribution in [0.4, 0.5) is 5.82 Å². The van der Waals surface area contributed by atoms with Crippen LogP contribution in [0.25, 0.3) is 0 Å². The summed E-state index contributed by atoms with van der Waals surface area (Å²) in [7, 11) is 0. The lowest BCUT2D eigenvalue weighted by Gasteiger charge is -2.26. The van der Waals surface area contributed by atoms with Crippen LogP contribution < -0.4 is 5.32 Å². The molecule has 2 rings (SSSR count). The number of nitrogens with one attached hydrogen (secondary N) is 1. The average molecular weight is 311 g/mol. The fourth-order valence-corrected chi connectivity index (χ4v) is 2.52. The summed E-state index contributed by atoms with van der Waals surface area (Å²) in [5, 5.41) is 3.49. The van der Waals surface area contributed by atoms with Gasteiger partial charge >= 0.3 is 5.97 Å². The molecule has 0 unspecified atom stereocenters. The first kappa shape index (κ1) is 15.8. The minimum Gasteiger partial charge on any atom is -0.451 e. The number of hydrogen-bond acceptors (Lipinski definition) is 5. The fourth-order valence-electron chi connectivity index (χ4n) is 2.41. The van der Waals surface area contributed by atoms with E-state index in [1.807, 2.05) is 6.92 Å². The number of carbonyl (C=O) groups excluding carboxylic acids is 2. The quantitative estimate of drug-likeness (QED) is 0.784. The van der Waals surface area contributed by atoms with Crippen molar-refractivity contribution >= 4 is 29.2 Å². The highest BCUT2D eigenvalue weighted by Crippen LogP contribution is 2.32. The number of unbranched alkanes of at least 4 members (excludes halogenated alkanes) is 1. The molecule has 0 spiro atoms. The zero-order valence-corrected chi connectivity index (χ0v) is 12.8. The third-order valence-electron chi connectivity index (χ3n) is 3.64. The summed E-state index contributed by atoms with van der Waals surface area (Å²) in [6.45, 7) is 2.14. The lowest BCUT2D eigenvalue weighted by atomic mass is 9.89. The molecule has 1 saturated heterocycles. The molecule has 0 bridgehead atoms. The molecule has 0 amide bonds. The van der Waals surface area contributed by atoms with E-state index in [1.165, 1.54) is 6.20 Å². The lowest BCUT2D eigenvalue weighted by molar-refractivity contribution is -0.157. The number of aromatic nitrogens is 1. The van der Waals surface area contributed by atoms with Crippen molar-refractivity contribution in [1.82, 2.24) is 4.98 Å². The van der Waals surface area contributed by atoms with Crippen LogP contribution in [0.5, 0.6) is 0 Å². The average Bonchev–Trinajstić information content (AvgIpc) is 2.87. The number of anilines is 1. The van der Waals surface area contributed by atoms with Gasteiger partial charge in [0.25, 0.3) is 0 Å². The molecule has 21 heavy (non-hydrogen) atoms. The van der Waals surface area contributed by atoms with Crippen LogP contribution in [-0.4, -0.2) is 28.9 Å². The molecule has 1 aromatic rings. The highest BCUT2D eigenvalue weighted by atomic mass is 35.5. The summed E-state index contributed by atoms with van der Waals surface area (Å²) in [6, 6.07) is 3.40. The van der Waals surface area contributed by atoms with Gasteiger partial charge in [-0.25, -0.2) is 4.98 Å². The van der Waals surface area contributed by atoms with Gasteiger partial charge in [0.15, 0.2) is 11.4 Å². The largest absolute Gasteiger partial charge is 0.451 e. The number of pyridine rings is 1. The van der Waals surface area contributed by atoms with Gasteiger partial charge in [0.1, 0.15) is 5.82 Å². The van der Waals surface area contributed by atoms with Crippen LogP contribution in [0.1, 0.15) is 39.0 Å². The van der Waals surface area contributed by atoms with Crippen molar-refractivity contribution < 1.29 is 14.3 Å². The van der Waals surface area contributed by atoms with Crippen molar-refractivity contribution in [3.05, 3.63) is 23.4 Å². The highest BCUT2D eigenvalue weighted by molar-refractivity contribution is 6.30. The molecule has 2 heterocycles. The summed E-state index contributed by atoms with van der Waals surface area (Å²) in [4.78, 5) is 28.0. The van der Waals surface area contributed by atoms with Crippen molar-refractivity contribution in [2.45, 2.75) is 44.6 Å². The second-order valence-electron chi connectivity index (χ2n) is 5.21. The Labute approximate surface area is 129 Å². The van der Waals surface area contributed by atoms with Gasteiger partial charge in [0.2, 0.25) is 0 Å². The number of carbonyl (C=O) groups is 2. The maximum absolute atomic E-state index is 12.5. The number of hydrogen-bond donors (Lipinski definition) is 1. The van der Waals surface area contributed by atoms with Crippen molar-refractivity contribution in [2.75, 3.05) is 11.9 Å². The van der Waals surface area contributed by atoms with Crippen LogP contribution in [0, 0.1) is 0 Å². The summed E-state index contributed by atoms with van der Waals surface area (Å²) in [6.07, 6.45) is 4.70. The Kier molecular flexibility index (Phi) is 5.17. The molecule has 0 aliphatic carbocycles. The van der Waals surface area contributed by atoms with Gasteiger partial charge in [-0.1, -0.05) is 24.9 Å². The molecule has 6 heteroatoms. The second kappa shape index (κ2) is 6.89. The van der Waals surface area contributed by atoms with Crippen LogP contribution in [0.2, 0.25) is 5.02 Å². The smallest absolute Gasteiger partial charge is 0.306 e. The van der Waals surface area contributed by atoms with Gasteiger partial charge in [-0.3, -0.25) is 9.59 Å². The normalized spacial score (nSPS) is 21.1. The number of halogens is 1.